The van der Waals surface area contributed by atoms with Crippen molar-refractivity contribution in [3.05, 3.63) is 0 Å². The average molecular weight is 232 g/mol. The van der Waals surface area contributed by atoms with Gasteiger partial charge >= 0.3 is 78.4 Å². The third kappa shape index (κ3) is 4.72. The van der Waals surface area contributed by atoms with Crippen molar-refractivity contribution in [2.75, 3.05) is 0 Å². The Balaban J connectivity index is 4.46. The fourth-order valence-corrected chi connectivity index (χ4v) is 1.80. The number of aliphatic carboxylic acids is 1. The summed E-state index contributed by atoms with van der Waals surface area (Å²) in [5.41, 5.74) is 0. The van der Waals surface area contributed by atoms with Crippen molar-refractivity contribution in [3.8, 4) is 0 Å². The monoisotopic (exact) mass is 232 g/mol. The summed E-state index contributed by atoms with van der Waals surface area (Å²) in [6.45, 7) is 3.24. The van der Waals surface area contributed by atoms with Gasteiger partial charge < -0.3 is 0 Å². The molecule has 0 heterocycles. The topological polar surface area (TPSA) is 83.5 Å². The van der Waals surface area contributed by atoms with Crippen LogP contribution in [0.5, 0.6) is 0 Å². The maximum absolute atomic E-state index is 10.6. The maximum atomic E-state index is 10.6. The van der Waals surface area contributed by atoms with Gasteiger partial charge in [0.25, 0.3) is 0 Å². The van der Waals surface area contributed by atoms with Crippen LogP contribution in [0.2, 0.25) is 0 Å². The van der Waals surface area contributed by atoms with E-state index in [9.17, 15) is 13.2 Å². The summed E-state index contributed by atoms with van der Waals surface area (Å²) in [5, 5.41) is 8.57. The van der Waals surface area contributed by atoms with Crippen LogP contribution in [-0.4, -0.2) is 25.5 Å². The molecule has 0 radical (unpaired) electrons. The van der Waals surface area contributed by atoms with Gasteiger partial charge in [0.1, 0.15) is 0 Å². The van der Waals surface area contributed by atoms with Crippen LogP contribution in [0.3, 0.4) is 0 Å². The van der Waals surface area contributed by atoms with Crippen LogP contribution >= 0.6 is 0 Å². The Bertz CT molecular complexity index is 261. The standard InChI is InChI=1S/C5H10NO4S.Cr/c1-3(2)4(5(7)8)6-11(9)10;/h3-4H,1-2H3,(H,7,8)(H,6,9,10);. The molecule has 12 heavy (non-hydrogen) atoms. The Labute approximate surface area is 78.7 Å². The van der Waals surface area contributed by atoms with Crippen LogP contribution in [0.1, 0.15) is 13.8 Å². The molecule has 0 bridgehead atoms. The summed E-state index contributed by atoms with van der Waals surface area (Å²) in [6, 6.07) is -1.07. The predicted molar refractivity (Wildman–Crippen MR) is 38.3 cm³/mol. The van der Waals surface area contributed by atoms with Crippen LogP contribution in [-0.2, 0) is 28.3 Å². The number of rotatable bonds is 4. The molecule has 7 heteroatoms. The van der Waals surface area contributed by atoms with Crippen molar-refractivity contribution in [3.63, 3.8) is 0 Å². The van der Waals surface area contributed by atoms with Gasteiger partial charge in [-0.2, -0.15) is 0 Å². The molecule has 0 amide bonds. The first-order chi connectivity index (χ1) is 5.24. The zero-order valence-corrected chi connectivity index (χ0v) is 8.73. The van der Waals surface area contributed by atoms with Crippen molar-refractivity contribution in [1.29, 1.82) is 0 Å². The second-order valence-corrected chi connectivity index (χ2v) is 5.83. The molecule has 0 fully saturated rings. The van der Waals surface area contributed by atoms with Gasteiger partial charge in [0.2, 0.25) is 0 Å². The number of hydrogen-bond acceptors (Lipinski definition) is 3. The Morgan fingerprint density at radius 2 is 1.92 bits per heavy atom. The second-order valence-electron chi connectivity index (χ2n) is 2.63. The van der Waals surface area contributed by atoms with Gasteiger partial charge in [0.15, 0.2) is 0 Å². The molecule has 0 saturated carbocycles. The van der Waals surface area contributed by atoms with Crippen molar-refractivity contribution >= 4 is 14.4 Å². The van der Waals surface area contributed by atoms with Crippen LogP contribution < -0.4 is 4.72 Å². The second kappa shape index (κ2) is 4.23. The van der Waals surface area contributed by atoms with E-state index in [1.807, 2.05) is 19.9 Å². The fraction of sp³-hybridized carbons (Fsp3) is 0.800. The number of carbonyl (C=O) groups is 1. The van der Waals surface area contributed by atoms with Crippen molar-refractivity contribution in [2.24, 2.45) is 5.92 Å². The van der Waals surface area contributed by atoms with Crippen molar-refractivity contribution in [2.45, 2.75) is 19.9 Å². The Morgan fingerprint density at radius 3 is 2.00 bits per heavy atom. The summed E-state index contributed by atoms with van der Waals surface area (Å²) in [5.74, 6) is -1.46. The minimum atomic E-state index is -3.57. The molecule has 71 valence electrons. The van der Waals surface area contributed by atoms with Gasteiger partial charge in [0.05, 0.1) is 0 Å². The van der Waals surface area contributed by atoms with E-state index >= 15 is 0 Å². The molecule has 0 aliphatic carbocycles. The molecule has 1 atom stereocenters. The van der Waals surface area contributed by atoms with E-state index in [1.54, 1.807) is 13.8 Å². The molecule has 0 aromatic carbocycles. The quantitative estimate of drug-likeness (QED) is 0.683. The minimum absolute atomic E-state index is 0.286. The molecule has 0 rings (SSSR count). The summed E-state index contributed by atoms with van der Waals surface area (Å²) in [7, 11) is -3.57. The van der Waals surface area contributed by atoms with E-state index in [0.717, 1.165) is 0 Å². The summed E-state index contributed by atoms with van der Waals surface area (Å²) >= 11 is 1.85. The molecule has 1 unspecified atom stereocenters. The summed E-state index contributed by atoms with van der Waals surface area (Å²) in [4.78, 5) is 10.5. The first-order valence-electron chi connectivity index (χ1n) is 3.20. The molecule has 0 aromatic heterocycles. The molecule has 5 nitrogen and oxygen atoms in total. The number of hydrogen-bond donors (Lipinski definition) is 2. The Kier molecular flexibility index (Phi) is 4.20. The van der Waals surface area contributed by atoms with Crippen LogP contribution in [0.15, 0.2) is 0 Å². The predicted octanol–water partition coefficient (Wildman–Crippen LogP) is -0.523. The Morgan fingerprint density at radius 1 is 1.50 bits per heavy atom. The zero-order valence-electron chi connectivity index (χ0n) is 6.64. The van der Waals surface area contributed by atoms with Gasteiger partial charge in [-0.25, -0.2) is 0 Å². The van der Waals surface area contributed by atoms with Gasteiger partial charge in [-0.1, -0.05) is 0 Å². The SMILES string of the molecule is CC(C)C(N[S](=O)(=O)[Cr])C(=O)O. The van der Waals surface area contributed by atoms with Crippen molar-refractivity contribution in [1.82, 2.24) is 4.72 Å². The molecular weight excluding hydrogens is 222 g/mol. The van der Waals surface area contributed by atoms with E-state index in [4.69, 9.17) is 5.11 Å². The van der Waals surface area contributed by atoms with Gasteiger partial charge in [-0.05, 0) is 0 Å². The molecule has 0 aliphatic heterocycles. The molecule has 0 aromatic rings. The molecule has 0 saturated heterocycles. The third-order valence-electron chi connectivity index (χ3n) is 1.20. The van der Waals surface area contributed by atoms with Gasteiger partial charge in [0, 0.05) is 0 Å². The number of carboxylic acid groups (broad SMARTS) is 1. The van der Waals surface area contributed by atoms with Crippen LogP contribution in [0, 0.1) is 5.92 Å². The van der Waals surface area contributed by atoms with E-state index in [2.05, 4.69) is 0 Å². The average Bonchev–Trinajstić information content (AvgIpc) is 1.79. The summed E-state index contributed by atoms with van der Waals surface area (Å²) in [6.07, 6.45) is 0. The first kappa shape index (κ1) is 11.9. The molecule has 2 N–H and O–H groups in total. The van der Waals surface area contributed by atoms with Gasteiger partial charge in [-0.3, -0.25) is 0 Å². The van der Waals surface area contributed by atoms with E-state index in [-0.39, 0.29) is 5.92 Å². The third-order valence-corrected chi connectivity index (χ3v) is 2.20. The molecule has 0 spiro atoms. The van der Waals surface area contributed by atoms with E-state index < -0.39 is 20.4 Å². The van der Waals surface area contributed by atoms with E-state index in [1.165, 1.54) is 0 Å². The number of carboxylic acids is 1. The number of nitrogens with one attached hydrogen (secondary N) is 1. The first-order valence-corrected chi connectivity index (χ1v) is 6.17. The van der Waals surface area contributed by atoms with Crippen molar-refractivity contribution < 1.29 is 33.5 Å². The normalized spacial score (nSPS) is 14.6. The summed E-state index contributed by atoms with van der Waals surface area (Å²) < 4.78 is 23.2. The molecule has 0 aliphatic rings. The van der Waals surface area contributed by atoms with Gasteiger partial charge in [-0.15, -0.1) is 0 Å². The zero-order chi connectivity index (χ0) is 9.94. The Hall–Kier alpha value is -0.0875. The van der Waals surface area contributed by atoms with E-state index in [0.29, 0.717) is 0 Å². The van der Waals surface area contributed by atoms with Crippen LogP contribution in [0.4, 0.5) is 0 Å². The van der Waals surface area contributed by atoms with Crippen LogP contribution in [0.25, 0.3) is 0 Å². The fourth-order valence-electron chi connectivity index (χ4n) is 0.627. The molecular formula is C5H10CrNO4S.